The smallest absolute Gasteiger partial charge is 0.254 e. The zero-order chi connectivity index (χ0) is 18.3. The number of halogens is 1. The normalized spacial score (nSPS) is 13.3. The van der Waals surface area contributed by atoms with Gasteiger partial charge in [-0.05, 0) is 37.1 Å². The average Bonchev–Trinajstić information content (AvgIpc) is 3.16. The van der Waals surface area contributed by atoms with E-state index in [2.05, 4.69) is 22.2 Å². The number of rotatable bonds is 4. The molecule has 4 rings (SSSR count). The summed E-state index contributed by atoms with van der Waals surface area (Å²) in [6.07, 6.45) is 2.32. The zero-order valence-corrected chi connectivity index (χ0v) is 14.6. The van der Waals surface area contributed by atoms with E-state index in [-0.39, 0.29) is 11.6 Å². The van der Waals surface area contributed by atoms with Crippen molar-refractivity contribution in [1.29, 1.82) is 0 Å². The number of benzene rings is 1. The molecular formula is C19H18FN5O. The van der Waals surface area contributed by atoms with E-state index < -0.39 is 5.95 Å². The highest BCUT2D eigenvalue weighted by atomic mass is 18.2. The molecule has 0 aliphatic carbocycles. The highest BCUT2D eigenvalue weighted by molar-refractivity contribution is 5.99. The van der Waals surface area contributed by atoms with Crippen LogP contribution < -0.4 is 0 Å². The Kier molecular flexibility index (Phi) is 3.99. The number of carbonyl (C=O) groups is 1. The van der Waals surface area contributed by atoms with Crippen molar-refractivity contribution in [2.45, 2.75) is 26.8 Å². The summed E-state index contributed by atoms with van der Waals surface area (Å²) < 4.78 is 15.4. The number of carbonyl (C=O) groups excluding carboxylic acids is 1. The van der Waals surface area contributed by atoms with Gasteiger partial charge in [-0.3, -0.25) is 4.79 Å². The van der Waals surface area contributed by atoms with E-state index in [4.69, 9.17) is 0 Å². The summed E-state index contributed by atoms with van der Waals surface area (Å²) in [5.74, 6) is -0.557. The number of fused-ring (bicyclic) bond motifs is 1. The molecule has 3 heterocycles. The van der Waals surface area contributed by atoms with Crippen LogP contribution >= 0.6 is 0 Å². The largest absolute Gasteiger partial charge is 0.334 e. The van der Waals surface area contributed by atoms with Crippen LogP contribution in [0.5, 0.6) is 0 Å². The molecule has 0 N–H and O–H groups in total. The maximum Gasteiger partial charge on any atom is 0.254 e. The lowest BCUT2D eigenvalue weighted by atomic mass is 10.0. The molecular weight excluding hydrogens is 332 g/mol. The summed E-state index contributed by atoms with van der Waals surface area (Å²) in [7, 11) is 0. The van der Waals surface area contributed by atoms with Crippen LogP contribution in [0.2, 0.25) is 0 Å². The van der Waals surface area contributed by atoms with E-state index in [1.54, 1.807) is 12.1 Å². The third-order valence-corrected chi connectivity index (χ3v) is 4.62. The van der Waals surface area contributed by atoms with Gasteiger partial charge >= 0.3 is 0 Å². The standard InChI is InChI=1S/C19H18FN5O/c1-3-9-24-11-14-7-6-13(10-15(14)19(24)26)17-12(2)25(23-22-17)16-5-4-8-21-18(16)20/h4-8,10H,3,9,11H2,1-2H3/i20-1. The van der Waals surface area contributed by atoms with E-state index in [9.17, 15) is 9.18 Å². The molecule has 6 nitrogen and oxygen atoms in total. The second kappa shape index (κ2) is 6.33. The Morgan fingerprint density at radius 2 is 2.12 bits per heavy atom. The molecule has 0 unspecified atom stereocenters. The second-order valence-corrected chi connectivity index (χ2v) is 6.35. The Bertz CT molecular complexity index is 997. The summed E-state index contributed by atoms with van der Waals surface area (Å²) in [4.78, 5) is 18.1. The lowest BCUT2D eigenvalue weighted by molar-refractivity contribution is 0.0778. The molecule has 1 aliphatic rings. The van der Waals surface area contributed by atoms with Gasteiger partial charge < -0.3 is 4.90 Å². The average molecular weight is 350 g/mol. The van der Waals surface area contributed by atoms with Gasteiger partial charge in [0.2, 0.25) is 5.95 Å². The van der Waals surface area contributed by atoms with Crippen LogP contribution in [0.25, 0.3) is 16.9 Å². The molecule has 7 heteroatoms. The Morgan fingerprint density at radius 1 is 1.27 bits per heavy atom. The number of hydrogen-bond donors (Lipinski definition) is 0. The molecule has 0 spiro atoms. The summed E-state index contributed by atoms with van der Waals surface area (Å²) in [6, 6.07) is 9.00. The molecule has 2 aromatic heterocycles. The van der Waals surface area contributed by atoms with Crippen molar-refractivity contribution >= 4 is 5.91 Å². The highest BCUT2D eigenvalue weighted by Gasteiger charge is 2.27. The number of aromatic nitrogens is 4. The van der Waals surface area contributed by atoms with E-state index in [1.165, 1.54) is 10.9 Å². The maximum atomic E-state index is 14.0. The molecule has 0 bridgehead atoms. The Balaban J connectivity index is 1.73. The van der Waals surface area contributed by atoms with Crippen molar-refractivity contribution in [3.05, 3.63) is 59.3 Å². The number of pyridine rings is 1. The molecule has 26 heavy (non-hydrogen) atoms. The van der Waals surface area contributed by atoms with Gasteiger partial charge in [0.15, 0.2) is 0 Å². The van der Waals surface area contributed by atoms with Crippen LogP contribution in [-0.2, 0) is 6.54 Å². The Morgan fingerprint density at radius 3 is 2.88 bits per heavy atom. The minimum Gasteiger partial charge on any atom is -0.334 e. The van der Waals surface area contributed by atoms with Gasteiger partial charge in [0.05, 0.1) is 5.69 Å². The van der Waals surface area contributed by atoms with Crippen LogP contribution in [0.1, 0.15) is 35.0 Å². The van der Waals surface area contributed by atoms with Crippen molar-refractivity contribution in [2.75, 3.05) is 6.54 Å². The number of nitrogens with zero attached hydrogens (tertiary/aromatic N) is 5. The SMILES string of the molecule is CCCN1Cc2ccc(-c3nnn(-c4cccnc4[18F])c3C)cc2C1=O. The molecule has 0 saturated heterocycles. The molecule has 3 aromatic rings. The van der Waals surface area contributed by atoms with Crippen LogP contribution in [-0.4, -0.2) is 37.3 Å². The van der Waals surface area contributed by atoms with Gasteiger partial charge in [0.1, 0.15) is 11.4 Å². The third-order valence-electron chi connectivity index (χ3n) is 4.62. The Hall–Kier alpha value is -3.09. The molecule has 132 valence electrons. The van der Waals surface area contributed by atoms with E-state index in [1.807, 2.05) is 30.0 Å². The lowest BCUT2D eigenvalue weighted by Gasteiger charge is -2.13. The van der Waals surface area contributed by atoms with Gasteiger partial charge in [-0.1, -0.05) is 24.3 Å². The molecule has 1 aromatic carbocycles. The minimum absolute atomic E-state index is 0.0482. The first kappa shape index (κ1) is 16.4. The predicted molar refractivity (Wildman–Crippen MR) is 94.3 cm³/mol. The first-order valence-corrected chi connectivity index (χ1v) is 8.56. The number of hydrogen-bond acceptors (Lipinski definition) is 4. The highest BCUT2D eigenvalue weighted by Crippen LogP contribution is 2.29. The maximum absolute atomic E-state index is 14.0. The first-order chi connectivity index (χ1) is 12.6. The van der Waals surface area contributed by atoms with Crippen LogP contribution in [0.4, 0.5) is 4.39 Å². The quantitative estimate of drug-likeness (QED) is 0.678. The van der Waals surface area contributed by atoms with E-state index in [0.717, 1.165) is 24.1 Å². The van der Waals surface area contributed by atoms with Crippen LogP contribution in [0.15, 0.2) is 36.5 Å². The summed E-state index contributed by atoms with van der Waals surface area (Å²) in [5, 5.41) is 8.27. The fraction of sp³-hybridized carbons (Fsp3) is 0.263. The van der Waals surface area contributed by atoms with Gasteiger partial charge in [-0.25, -0.2) is 9.67 Å². The van der Waals surface area contributed by atoms with E-state index >= 15 is 0 Å². The second-order valence-electron chi connectivity index (χ2n) is 6.35. The third kappa shape index (κ3) is 2.56. The van der Waals surface area contributed by atoms with Gasteiger partial charge in [-0.2, -0.15) is 4.39 Å². The topological polar surface area (TPSA) is 63.9 Å². The Labute approximate surface area is 150 Å². The lowest BCUT2D eigenvalue weighted by Crippen LogP contribution is -2.24. The molecule has 0 saturated carbocycles. The van der Waals surface area contributed by atoms with Crippen molar-refractivity contribution < 1.29 is 9.18 Å². The van der Waals surface area contributed by atoms with Gasteiger partial charge in [0, 0.05) is 30.4 Å². The predicted octanol–water partition coefficient (Wildman–Crippen LogP) is 3.14. The molecule has 1 amide bonds. The fourth-order valence-corrected chi connectivity index (χ4v) is 3.32. The molecule has 0 radical (unpaired) electrons. The monoisotopic (exact) mass is 350 g/mol. The van der Waals surface area contributed by atoms with Gasteiger partial charge in [-0.15, -0.1) is 5.10 Å². The van der Waals surface area contributed by atoms with Crippen molar-refractivity contribution in [3.63, 3.8) is 0 Å². The summed E-state index contributed by atoms with van der Waals surface area (Å²) >= 11 is 0. The first-order valence-electron chi connectivity index (χ1n) is 8.56. The fourth-order valence-electron chi connectivity index (χ4n) is 3.32. The number of amides is 1. The van der Waals surface area contributed by atoms with E-state index in [0.29, 0.717) is 23.5 Å². The summed E-state index contributed by atoms with van der Waals surface area (Å²) in [5.41, 5.74) is 4.08. The van der Waals surface area contributed by atoms with Crippen molar-refractivity contribution in [2.24, 2.45) is 0 Å². The molecule has 1 aliphatic heterocycles. The van der Waals surface area contributed by atoms with Crippen LogP contribution in [0.3, 0.4) is 0 Å². The van der Waals surface area contributed by atoms with Crippen molar-refractivity contribution in [1.82, 2.24) is 24.9 Å². The van der Waals surface area contributed by atoms with Crippen molar-refractivity contribution in [3.8, 4) is 16.9 Å². The zero-order valence-electron chi connectivity index (χ0n) is 14.6. The summed E-state index contributed by atoms with van der Waals surface area (Å²) in [6.45, 7) is 5.27. The molecule has 0 atom stereocenters. The molecule has 0 fully saturated rings. The minimum atomic E-state index is -0.605. The van der Waals surface area contributed by atoms with Crippen LogP contribution in [0, 0.1) is 12.9 Å². The van der Waals surface area contributed by atoms with Gasteiger partial charge in [0.25, 0.3) is 5.91 Å².